The summed E-state index contributed by atoms with van der Waals surface area (Å²) in [6.45, 7) is 39.4. The van der Waals surface area contributed by atoms with E-state index in [9.17, 15) is 0 Å². The first-order valence-electron chi connectivity index (χ1n) is 21.8. The summed E-state index contributed by atoms with van der Waals surface area (Å²) in [4.78, 5) is 18.1. The van der Waals surface area contributed by atoms with Crippen LogP contribution in [-0.4, -0.2) is 242 Å². The number of ether oxygens (including phenoxy) is 3. The molecule has 0 heterocycles. The summed E-state index contributed by atoms with van der Waals surface area (Å²) in [5.41, 5.74) is 0. The van der Waals surface area contributed by atoms with Crippen LogP contribution in [0.15, 0.2) is 0 Å². The minimum atomic E-state index is 0. The molecule has 0 rings (SSSR count). The van der Waals surface area contributed by atoms with Gasteiger partial charge in [-0.25, -0.2) is 0 Å². The van der Waals surface area contributed by atoms with Crippen LogP contribution in [0.25, 0.3) is 0 Å². The molecule has 11 heteroatoms. The highest BCUT2D eigenvalue weighted by Gasteiger charge is 2.04. The fourth-order valence-corrected chi connectivity index (χ4v) is 4.71. The molecule has 0 aromatic heterocycles. The van der Waals surface area contributed by atoms with E-state index < -0.39 is 0 Å². The van der Waals surface area contributed by atoms with Crippen molar-refractivity contribution in [3.05, 3.63) is 0 Å². The van der Waals surface area contributed by atoms with Crippen molar-refractivity contribution in [1.29, 1.82) is 0 Å². The average Bonchev–Trinajstić information content (AvgIpc) is 3.03. The first-order valence-corrected chi connectivity index (χ1v) is 21.8. The maximum absolute atomic E-state index is 5.36. The Kier molecular flexibility index (Phi) is 57.8. The van der Waals surface area contributed by atoms with Gasteiger partial charge in [0.2, 0.25) is 0 Å². The Bertz CT molecular complexity index is 696. The zero-order valence-corrected chi connectivity index (χ0v) is 42.7. The summed E-state index contributed by atoms with van der Waals surface area (Å²) < 4.78 is 16.1. The zero-order valence-electron chi connectivity index (χ0n) is 42.7. The van der Waals surface area contributed by atoms with E-state index >= 15 is 0 Å². The van der Waals surface area contributed by atoms with Gasteiger partial charge in [0.05, 0.1) is 26.4 Å². The standard InChI is InChI=1S/C12H29N3.C10H23NO2.C9H22N2.C8H19NO.C6H15N.CH4/c1-12(2)11-15(6)10-9-14(5)8-7-13(3)4;1-10(2)9-13-8-7-12-6-5-11(3)4;1-9(2)8-11(5)7-6-10(3)4;1-8(2)7-10-6-5-9(3)4;1-6(2)5-7(3)4;/h12H,7-11H2,1-6H3;10H,5-9H2,1-4H3;9H,6-8H2,1-5H3;8H,5-7H2,1-4H3;6H,5H2,1-4H3;1H4. The predicted molar refractivity (Wildman–Crippen MR) is 259 cm³/mol. The molecule has 0 aromatic rings. The summed E-state index contributed by atoms with van der Waals surface area (Å²) in [5, 5.41) is 0. The van der Waals surface area contributed by atoms with Crippen molar-refractivity contribution < 1.29 is 14.2 Å². The van der Waals surface area contributed by atoms with Crippen molar-refractivity contribution in [2.75, 3.05) is 203 Å². The van der Waals surface area contributed by atoms with E-state index in [2.05, 4.69) is 186 Å². The van der Waals surface area contributed by atoms with Crippen LogP contribution in [0.4, 0.5) is 0 Å². The van der Waals surface area contributed by atoms with Gasteiger partial charge in [-0.05, 0) is 128 Å². The van der Waals surface area contributed by atoms with Gasteiger partial charge in [0, 0.05) is 78.7 Å². The lowest BCUT2D eigenvalue weighted by molar-refractivity contribution is 0.0336. The minimum Gasteiger partial charge on any atom is -0.380 e. The van der Waals surface area contributed by atoms with E-state index in [0.29, 0.717) is 25.0 Å². The quantitative estimate of drug-likeness (QED) is 0.0814. The van der Waals surface area contributed by atoms with Crippen molar-refractivity contribution >= 4 is 0 Å². The Hall–Kier alpha value is -0.440. The second-order valence-corrected chi connectivity index (χ2v) is 19.0. The van der Waals surface area contributed by atoms with Gasteiger partial charge >= 0.3 is 0 Å². The van der Waals surface area contributed by atoms with E-state index in [0.717, 1.165) is 83.4 Å². The van der Waals surface area contributed by atoms with E-state index in [4.69, 9.17) is 14.2 Å². The largest absolute Gasteiger partial charge is 0.380 e. The Balaban J connectivity index is -0.000000145. The van der Waals surface area contributed by atoms with Crippen LogP contribution in [0, 0.1) is 29.6 Å². The molecule has 0 aliphatic carbocycles. The first-order chi connectivity index (χ1) is 25.8. The highest BCUT2D eigenvalue weighted by atomic mass is 16.5. The normalized spacial score (nSPS) is 11.6. The second-order valence-electron chi connectivity index (χ2n) is 19.0. The van der Waals surface area contributed by atoms with Gasteiger partial charge in [0.15, 0.2) is 0 Å². The summed E-state index contributed by atoms with van der Waals surface area (Å²) in [6, 6.07) is 0. The van der Waals surface area contributed by atoms with Crippen LogP contribution in [0.3, 0.4) is 0 Å². The van der Waals surface area contributed by atoms with Crippen molar-refractivity contribution in [3.63, 3.8) is 0 Å². The summed E-state index contributed by atoms with van der Waals surface area (Å²) in [5.74, 6) is 3.61. The maximum Gasteiger partial charge on any atom is 0.0701 e. The third-order valence-corrected chi connectivity index (χ3v) is 7.45. The van der Waals surface area contributed by atoms with Gasteiger partial charge in [0.1, 0.15) is 0 Å². The Labute approximate surface area is 362 Å². The van der Waals surface area contributed by atoms with Crippen LogP contribution < -0.4 is 0 Å². The summed E-state index contributed by atoms with van der Waals surface area (Å²) in [7, 11) is 27.5. The average molecular weight is 825 g/mol. The van der Waals surface area contributed by atoms with Gasteiger partial charge in [-0.3, -0.25) is 0 Å². The van der Waals surface area contributed by atoms with Crippen molar-refractivity contribution in [2.45, 2.75) is 76.7 Å². The van der Waals surface area contributed by atoms with Crippen molar-refractivity contribution in [2.24, 2.45) is 29.6 Å². The molecule has 0 aliphatic heterocycles. The van der Waals surface area contributed by atoms with Crippen LogP contribution >= 0.6 is 0 Å². The number of likely N-dealkylation sites (N-methyl/N-ethyl adjacent to an activating group) is 7. The summed E-state index contributed by atoms with van der Waals surface area (Å²) >= 11 is 0. The van der Waals surface area contributed by atoms with E-state index in [1.165, 1.54) is 32.7 Å². The monoisotopic (exact) mass is 825 g/mol. The van der Waals surface area contributed by atoms with Crippen LogP contribution in [0.2, 0.25) is 0 Å². The number of nitrogens with zero attached hydrogens (tertiary/aromatic N) is 8. The van der Waals surface area contributed by atoms with E-state index in [1.807, 2.05) is 14.1 Å². The molecule has 0 fully saturated rings. The Morgan fingerprint density at radius 3 is 0.860 bits per heavy atom. The number of hydrogen-bond acceptors (Lipinski definition) is 11. The molecule has 354 valence electrons. The predicted octanol–water partition coefficient (Wildman–Crippen LogP) is 6.50. The second kappa shape index (κ2) is 48.2. The molecule has 0 saturated carbocycles. The molecule has 57 heavy (non-hydrogen) atoms. The number of rotatable bonds is 28. The van der Waals surface area contributed by atoms with Crippen LogP contribution in [0.1, 0.15) is 76.7 Å². The van der Waals surface area contributed by atoms with Gasteiger partial charge in [-0.15, -0.1) is 0 Å². The van der Waals surface area contributed by atoms with E-state index in [1.54, 1.807) is 0 Å². The molecular weight excluding hydrogens is 713 g/mol. The van der Waals surface area contributed by atoms with E-state index in [-0.39, 0.29) is 7.43 Å². The van der Waals surface area contributed by atoms with Gasteiger partial charge in [-0.2, -0.15) is 0 Å². The molecule has 0 radical (unpaired) electrons. The Morgan fingerprint density at radius 1 is 0.281 bits per heavy atom. The fourth-order valence-electron chi connectivity index (χ4n) is 4.71. The lowest BCUT2D eigenvalue weighted by Crippen LogP contribution is -2.35. The molecule has 0 spiro atoms. The lowest BCUT2D eigenvalue weighted by atomic mass is 10.2. The highest BCUT2D eigenvalue weighted by Crippen LogP contribution is 1.97. The number of hydrogen-bond donors (Lipinski definition) is 0. The smallest absolute Gasteiger partial charge is 0.0701 e. The Morgan fingerprint density at radius 2 is 0.561 bits per heavy atom. The topological polar surface area (TPSA) is 53.6 Å². The van der Waals surface area contributed by atoms with Gasteiger partial charge in [0.25, 0.3) is 0 Å². The summed E-state index contributed by atoms with van der Waals surface area (Å²) in [6.07, 6.45) is 0. The molecular formula is C46H112N8O3. The molecule has 0 bridgehead atoms. The third kappa shape index (κ3) is 84.0. The molecule has 0 unspecified atom stereocenters. The molecule has 0 saturated heterocycles. The fraction of sp³-hybridized carbons (Fsp3) is 1.00. The molecule has 11 nitrogen and oxygen atoms in total. The lowest BCUT2D eigenvalue weighted by Gasteiger charge is -2.24. The zero-order chi connectivity index (χ0) is 44.6. The SMILES string of the molecule is C.CC(C)CN(C)C.CC(C)CN(C)CCN(C)C.CC(C)CN(C)CCN(C)CCN(C)C.CC(C)COCCN(C)C.CC(C)COCCOCCN(C)C. The molecule has 0 aromatic carbocycles. The molecule has 0 N–H and O–H groups in total. The van der Waals surface area contributed by atoms with Crippen LogP contribution in [0.5, 0.6) is 0 Å². The molecule has 0 atom stereocenters. The molecule has 0 aliphatic rings. The van der Waals surface area contributed by atoms with Crippen LogP contribution in [-0.2, 0) is 14.2 Å². The van der Waals surface area contributed by atoms with Crippen molar-refractivity contribution in [3.8, 4) is 0 Å². The van der Waals surface area contributed by atoms with Gasteiger partial charge < -0.3 is 53.4 Å². The van der Waals surface area contributed by atoms with Crippen molar-refractivity contribution in [1.82, 2.24) is 39.2 Å². The van der Waals surface area contributed by atoms with Gasteiger partial charge in [-0.1, -0.05) is 76.7 Å². The third-order valence-electron chi connectivity index (χ3n) is 7.45. The maximum atomic E-state index is 5.36. The minimum absolute atomic E-state index is 0. The molecule has 0 amide bonds. The highest BCUT2D eigenvalue weighted by molar-refractivity contribution is 4.60. The first kappa shape index (κ1) is 68.3.